The molecule has 0 unspecified atom stereocenters. The van der Waals surface area contributed by atoms with Gasteiger partial charge in [-0.05, 0) is 18.6 Å². The highest BCUT2D eigenvalue weighted by molar-refractivity contribution is 8.00. The van der Waals surface area contributed by atoms with Crippen molar-refractivity contribution in [1.29, 1.82) is 0 Å². The molecule has 20 heavy (non-hydrogen) atoms. The van der Waals surface area contributed by atoms with Crippen LogP contribution in [0.3, 0.4) is 0 Å². The third-order valence-electron chi connectivity index (χ3n) is 2.71. The third-order valence-corrected chi connectivity index (χ3v) is 3.82. The van der Waals surface area contributed by atoms with Crippen molar-refractivity contribution in [1.82, 2.24) is 14.8 Å². The number of ketones is 1. The van der Waals surface area contributed by atoms with Gasteiger partial charge < -0.3 is 0 Å². The second-order valence-electron chi connectivity index (χ2n) is 4.33. The average molecular weight is 293 g/mol. The number of aromatic nitrogens is 3. The zero-order valence-corrected chi connectivity index (χ0v) is 12.1. The molecule has 6 heteroatoms. The number of nitrogens with zero attached hydrogens (tertiary/aromatic N) is 3. The maximum atomic E-state index is 13.4. The molecule has 0 spiro atoms. The van der Waals surface area contributed by atoms with Gasteiger partial charge in [0.05, 0.1) is 12.2 Å². The quantitative estimate of drug-likeness (QED) is 0.736. The van der Waals surface area contributed by atoms with E-state index in [0.29, 0.717) is 10.7 Å². The van der Waals surface area contributed by atoms with Crippen molar-refractivity contribution < 1.29 is 9.18 Å². The van der Waals surface area contributed by atoms with Crippen molar-refractivity contribution in [2.45, 2.75) is 31.2 Å². The van der Waals surface area contributed by atoms with Crippen LogP contribution in [0.4, 0.5) is 4.39 Å². The minimum atomic E-state index is -0.292. The Morgan fingerprint density at radius 1 is 1.40 bits per heavy atom. The highest BCUT2D eigenvalue weighted by Crippen LogP contribution is 2.21. The van der Waals surface area contributed by atoms with E-state index in [-0.39, 0.29) is 23.8 Å². The fraction of sp³-hybridized carbons (Fsp3) is 0.357. The Bertz CT molecular complexity index is 585. The molecule has 2 aromatic rings. The van der Waals surface area contributed by atoms with E-state index in [4.69, 9.17) is 0 Å². The smallest absolute Gasteiger partial charge is 0.150 e. The molecule has 1 aromatic carbocycles. The minimum Gasteiger partial charge on any atom is -0.298 e. The summed E-state index contributed by atoms with van der Waals surface area (Å²) in [6, 6.07) is 6.46. The van der Waals surface area contributed by atoms with Gasteiger partial charge >= 0.3 is 0 Å². The van der Waals surface area contributed by atoms with Crippen LogP contribution in [0.1, 0.15) is 19.2 Å². The highest BCUT2D eigenvalue weighted by Gasteiger charge is 2.11. The molecule has 0 aliphatic carbocycles. The number of hydrogen-bond acceptors (Lipinski definition) is 4. The topological polar surface area (TPSA) is 47.8 Å². The molecule has 4 nitrogen and oxygen atoms in total. The molecule has 1 heterocycles. The van der Waals surface area contributed by atoms with E-state index in [0.717, 1.165) is 13.0 Å². The molecule has 0 N–H and O–H groups in total. The highest BCUT2D eigenvalue weighted by atomic mass is 32.2. The summed E-state index contributed by atoms with van der Waals surface area (Å²) in [7, 11) is 0. The zero-order valence-electron chi connectivity index (χ0n) is 11.3. The molecule has 2 rings (SSSR count). The van der Waals surface area contributed by atoms with Crippen molar-refractivity contribution in [3.63, 3.8) is 0 Å². The predicted octanol–water partition coefficient (Wildman–Crippen LogP) is 2.73. The van der Waals surface area contributed by atoms with Gasteiger partial charge in [0.15, 0.2) is 5.78 Å². The molecule has 0 bridgehead atoms. The van der Waals surface area contributed by atoms with Gasteiger partial charge in [-0.3, -0.25) is 4.79 Å². The van der Waals surface area contributed by atoms with Crippen LogP contribution in [-0.4, -0.2) is 26.3 Å². The number of hydrogen-bond donors (Lipinski definition) is 0. The number of thioether (sulfide) groups is 1. The molecular formula is C14H16FN3OS. The second-order valence-corrected chi connectivity index (χ2v) is 5.35. The summed E-state index contributed by atoms with van der Waals surface area (Å²) in [5.74, 6) is 0.633. The van der Waals surface area contributed by atoms with E-state index in [9.17, 15) is 9.18 Å². The SMILES string of the molecule is CCCn1ncnc1CC(=O)CSc1ccccc1F. The second kappa shape index (κ2) is 7.19. The lowest BCUT2D eigenvalue weighted by Gasteiger charge is -2.04. The average Bonchev–Trinajstić information content (AvgIpc) is 2.86. The van der Waals surface area contributed by atoms with Gasteiger partial charge in [0.2, 0.25) is 0 Å². The van der Waals surface area contributed by atoms with Gasteiger partial charge in [0.25, 0.3) is 0 Å². The van der Waals surface area contributed by atoms with Crippen LogP contribution in [0.25, 0.3) is 0 Å². The number of Topliss-reactive ketones (excluding diaryl/α,β-unsaturated/α-hetero) is 1. The minimum absolute atomic E-state index is 0.0172. The van der Waals surface area contributed by atoms with E-state index in [1.54, 1.807) is 22.9 Å². The van der Waals surface area contributed by atoms with Gasteiger partial charge in [-0.2, -0.15) is 5.10 Å². The van der Waals surface area contributed by atoms with E-state index >= 15 is 0 Å². The first-order chi connectivity index (χ1) is 9.70. The third kappa shape index (κ3) is 3.90. The number of carbonyl (C=O) groups is 1. The summed E-state index contributed by atoms with van der Waals surface area (Å²) in [4.78, 5) is 16.5. The normalized spacial score (nSPS) is 10.7. The Kier molecular flexibility index (Phi) is 5.29. The van der Waals surface area contributed by atoms with Gasteiger partial charge in [-0.25, -0.2) is 14.1 Å². The molecule has 0 atom stereocenters. The zero-order chi connectivity index (χ0) is 14.4. The molecule has 0 aliphatic rings. The number of halogens is 1. The van der Waals surface area contributed by atoms with Gasteiger partial charge in [-0.15, -0.1) is 11.8 Å². The Labute approximate surface area is 121 Å². The number of aryl methyl sites for hydroxylation is 1. The largest absolute Gasteiger partial charge is 0.298 e. The molecule has 1 aromatic heterocycles. The van der Waals surface area contributed by atoms with Crippen LogP contribution in [0.15, 0.2) is 35.5 Å². The number of benzene rings is 1. The summed E-state index contributed by atoms with van der Waals surface area (Å²) in [5.41, 5.74) is 0. The molecule has 0 radical (unpaired) electrons. The lowest BCUT2D eigenvalue weighted by Crippen LogP contribution is -2.12. The van der Waals surface area contributed by atoms with Crippen LogP contribution in [0.5, 0.6) is 0 Å². The molecule has 106 valence electrons. The van der Waals surface area contributed by atoms with E-state index in [1.165, 1.54) is 24.2 Å². The van der Waals surface area contributed by atoms with E-state index in [1.807, 2.05) is 6.92 Å². The van der Waals surface area contributed by atoms with Crippen LogP contribution < -0.4 is 0 Å². The molecule has 0 amide bonds. The summed E-state index contributed by atoms with van der Waals surface area (Å²) in [6.45, 7) is 2.80. The maximum Gasteiger partial charge on any atom is 0.150 e. The Hall–Kier alpha value is -1.69. The monoisotopic (exact) mass is 293 g/mol. The van der Waals surface area contributed by atoms with E-state index < -0.39 is 0 Å². The standard InChI is InChI=1S/C14H16FN3OS/c1-2-7-18-14(16-10-17-18)8-11(19)9-20-13-6-4-3-5-12(13)15/h3-6,10H,2,7-9H2,1H3. The molecule has 0 fully saturated rings. The summed E-state index contributed by atoms with van der Waals surface area (Å²) >= 11 is 1.21. The van der Waals surface area contributed by atoms with Crippen molar-refractivity contribution in [2.24, 2.45) is 0 Å². The molecule has 0 aliphatic heterocycles. The summed E-state index contributed by atoms with van der Waals surface area (Å²) in [6.07, 6.45) is 2.64. The lowest BCUT2D eigenvalue weighted by atomic mass is 10.3. The Morgan fingerprint density at radius 3 is 2.95 bits per heavy atom. The van der Waals surface area contributed by atoms with Crippen LogP contribution in [-0.2, 0) is 17.8 Å². The van der Waals surface area contributed by atoms with Gasteiger partial charge in [0.1, 0.15) is 18.0 Å². The molecule has 0 saturated carbocycles. The van der Waals surface area contributed by atoms with Gasteiger partial charge in [0, 0.05) is 11.4 Å². The predicted molar refractivity (Wildman–Crippen MR) is 76.1 cm³/mol. The van der Waals surface area contributed by atoms with Crippen molar-refractivity contribution in [3.8, 4) is 0 Å². The fourth-order valence-corrected chi connectivity index (χ4v) is 2.57. The lowest BCUT2D eigenvalue weighted by molar-refractivity contribution is -0.116. The van der Waals surface area contributed by atoms with Crippen molar-refractivity contribution in [3.05, 3.63) is 42.2 Å². The van der Waals surface area contributed by atoms with Crippen LogP contribution in [0.2, 0.25) is 0 Å². The first-order valence-electron chi connectivity index (χ1n) is 6.46. The Morgan fingerprint density at radius 2 is 2.20 bits per heavy atom. The number of carbonyl (C=O) groups excluding carboxylic acids is 1. The molecule has 0 saturated heterocycles. The summed E-state index contributed by atoms with van der Waals surface area (Å²) in [5, 5.41) is 4.08. The maximum absolute atomic E-state index is 13.4. The fourth-order valence-electron chi connectivity index (χ4n) is 1.77. The first kappa shape index (κ1) is 14.7. The van der Waals surface area contributed by atoms with Crippen LogP contribution in [0, 0.1) is 5.82 Å². The van der Waals surface area contributed by atoms with Crippen LogP contribution >= 0.6 is 11.8 Å². The summed E-state index contributed by atoms with van der Waals surface area (Å²) < 4.78 is 15.2. The Balaban J connectivity index is 1.90. The van der Waals surface area contributed by atoms with Gasteiger partial charge in [-0.1, -0.05) is 19.1 Å². The van der Waals surface area contributed by atoms with E-state index in [2.05, 4.69) is 10.1 Å². The molecular weight excluding hydrogens is 277 g/mol. The first-order valence-corrected chi connectivity index (χ1v) is 7.45. The number of rotatable bonds is 7. The van der Waals surface area contributed by atoms with Crippen molar-refractivity contribution >= 4 is 17.5 Å². The van der Waals surface area contributed by atoms with Crippen molar-refractivity contribution in [2.75, 3.05) is 5.75 Å².